The summed E-state index contributed by atoms with van der Waals surface area (Å²) in [5, 5.41) is 5.63. The van der Waals surface area contributed by atoms with E-state index in [1.807, 2.05) is 20.8 Å². The minimum absolute atomic E-state index is 0.213. The van der Waals surface area contributed by atoms with Gasteiger partial charge < -0.3 is 29.6 Å². The number of carbonyl (C=O) groups is 2. The summed E-state index contributed by atoms with van der Waals surface area (Å²) in [7, 11) is 3.65. The van der Waals surface area contributed by atoms with Crippen molar-refractivity contribution in [2.24, 2.45) is 5.41 Å². The summed E-state index contributed by atoms with van der Waals surface area (Å²) in [4.78, 5) is 33.1. The highest BCUT2D eigenvalue weighted by Gasteiger charge is 2.39. The molecule has 182 valence electrons. The third-order valence-corrected chi connectivity index (χ3v) is 6.81. The van der Waals surface area contributed by atoms with Crippen LogP contribution in [0.1, 0.15) is 68.5 Å². The van der Waals surface area contributed by atoms with E-state index in [4.69, 9.17) is 14.5 Å². The molecule has 1 aromatic rings. The quantitative estimate of drug-likeness (QED) is 0.714. The van der Waals surface area contributed by atoms with Crippen LogP contribution in [0, 0.1) is 5.41 Å². The SMILES string of the molecule is CNC(=O)[C@@H](NC(=O)c1nc(C2=CCC3(CC2)OCCO3)n2c1CN(C)CCC2)C(C)(C)C. The molecule has 33 heavy (non-hydrogen) atoms. The highest BCUT2D eigenvalue weighted by atomic mass is 16.7. The van der Waals surface area contributed by atoms with E-state index >= 15 is 0 Å². The van der Waals surface area contributed by atoms with E-state index in [2.05, 4.69) is 33.2 Å². The zero-order valence-electron chi connectivity index (χ0n) is 20.5. The van der Waals surface area contributed by atoms with Gasteiger partial charge in [0.05, 0.1) is 18.9 Å². The fourth-order valence-corrected chi connectivity index (χ4v) is 4.94. The van der Waals surface area contributed by atoms with Crippen LogP contribution in [-0.4, -0.2) is 71.9 Å². The lowest BCUT2D eigenvalue weighted by Gasteiger charge is -2.30. The molecule has 0 saturated carbocycles. The fourth-order valence-electron chi connectivity index (χ4n) is 4.94. The van der Waals surface area contributed by atoms with Gasteiger partial charge in [0.1, 0.15) is 11.9 Å². The molecule has 2 aliphatic heterocycles. The predicted molar refractivity (Wildman–Crippen MR) is 124 cm³/mol. The minimum atomic E-state index is -0.662. The third kappa shape index (κ3) is 4.85. The number of rotatable bonds is 4. The van der Waals surface area contributed by atoms with Crippen molar-refractivity contribution in [1.82, 2.24) is 25.1 Å². The van der Waals surface area contributed by atoms with Crippen molar-refractivity contribution in [2.45, 2.75) is 71.4 Å². The topological polar surface area (TPSA) is 97.7 Å². The molecule has 3 aliphatic rings. The Morgan fingerprint density at radius 1 is 1.21 bits per heavy atom. The van der Waals surface area contributed by atoms with E-state index < -0.39 is 17.2 Å². The molecule has 9 nitrogen and oxygen atoms in total. The number of nitrogens with zero attached hydrogens (tertiary/aromatic N) is 3. The molecular weight excluding hydrogens is 422 g/mol. The van der Waals surface area contributed by atoms with Crippen molar-refractivity contribution < 1.29 is 19.1 Å². The maximum Gasteiger partial charge on any atom is 0.272 e. The van der Waals surface area contributed by atoms with E-state index in [1.54, 1.807) is 7.05 Å². The lowest BCUT2D eigenvalue weighted by Crippen LogP contribution is -2.53. The number of hydrogen-bond donors (Lipinski definition) is 2. The first-order valence-corrected chi connectivity index (χ1v) is 11.9. The number of likely N-dealkylation sites (N-methyl/N-ethyl adjacent to an activating group) is 1. The van der Waals surface area contributed by atoms with Gasteiger partial charge in [-0.15, -0.1) is 0 Å². The molecule has 0 bridgehead atoms. The molecule has 2 amide bonds. The summed E-state index contributed by atoms with van der Waals surface area (Å²) in [6.45, 7) is 9.50. The van der Waals surface area contributed by atoms with Crippen LogP contribution >= 0.6 is 0 Å². The molecule has 0 aromatic carbocycles. The summed E-state index contributed by atoms with van der Waals surface area (Å²) in [6.07, 6.45) is 5.40. The number of fused-ring (bicyclic) bond motifs is 1. The molecule has 2 N–H and O–H groups in total. The number of aromatic nitrogens is 2. The Bertz CT molecular complexity index is 939. The maximum atomic E-state index is 13.5. The number of ether oxygens (including phenoxy) is 2. The molecule has 1 fully saturated rings. The fraction of sp³-hybridized carbons (Fsp3) is 0.708. The van der Waals surface area contributed by atoms with Gasteiger partial charge in [-0.3, -0.25) is 9.59 Å². The van der Waals surface area contributed by atoms with Crippen LogP contribution in [0.25, 0.3) is 5.57 Å². The van der Waals surface area contributed by atoms with Gasteiger partial charge >= 0.3 is 0 Å². The molecule has 4 rings (SSSR count). The van der Waals surface area contributed by atoms with Gasteiger partial charge in [-0.05, 0) is 37.4 Å². The maximum absolute atomic E-state index is 13.5. The van der Waals surface area contributed by atoms with Crippen LogP contribution in [0.2, 0.25) is 0 Å². The van der Waals surface area contributed by atoms with Crippen LogP contribution < -0.4 is 10.6 Å². The van der Waals surface area contributed by atoms with Gasteiger partial charge in [-0.1, -0.05) is 26.8 Å². The first-order chi connectivity index (χ1) is 15.6. The molecule has 1 aromatic heterocycles. The average molecular weight is 460 g/mol. The molecule has 3 heterocycles. The number of imidazole rings is 1. The standard InChI is InChI=1S/C24H37N5O4/c1-23(2,3)19(22(31)25-4)27-21(30)18-17-15-28(5)11-6-12-29(17)20(26-18)16-7-9-24(10-8-16)32-13-14-33-24/h7,19H,6,8-15H2,1-5H3,(H,25,31)(H,27,30)/t19-/m1/s1. The Morgan fingerprint density at radius 2 is 1.94 bits per heavy atom. The lowest BCUT2D eigenvalue weighted by atomic mass is 9.86. The Hall–Kier alpha value is -2.23. The van der Waals surface area contributed by atoms with Crippen molar-refractivity contribution in [3.8, 4) is 0 Å². The molecule has 1 atom stereocenters. The monoisotopic (exact) mass is 459 g/mol. The summed E-state index contributed by atoms with van der Waals surface area (Å²) in [6, 6.07) is -0.662. The van der Waals surface area contributed by atoms with Crippen LogP contribution in [0.5, 0.6) is 0 Å². The lowest BCUT2D eigenvalue weighted by molar-refractivity contribution is -0.159. The smallest absolute Gasteiger partial charge is 0.272 e. The van der Waals surface area contributed by atoms with E-state index in [0.717, 1.165) is 49.4 Å². The van der Waals surface area contributed by atoms with Crippen LogP contribution in [-0.2, 0) is 27.4 Å². The summed E-state index contributed by atoms with van der Waals surface area (Å²) in [5.74, 6) is -0.161. The molecule has 1 aliphatic carbocycles. The van der Waals surface area contributed by atoms with Gasteiger partial charge in [0, 0.05) is 33.0 Å². The number of amides is 2. The molecular formula is C24H37N5O4. The van der Waals surface area contributed by atoms with Crippen LogP contribution in [0.15, 0.2) is 6.08 Å². The van der Waals surface area contributed by atoms with E-state index in [9.17, 15) is 9.59 Å². The second-order valence-corrected chi connectivity index (χ2v) is 10.4. The van der Waals surface area contributed by atoms with E-state index in [-0.39, 0.29) is 11.8 Å². The summed E-state index contributed by atoms with van der Waals surface area (Å²) < 4.78 is 13.9. The minimum Gasteiger partial charge on any atom is -0.357 e. The third-order valence-electron chi connectivity index (χ3n) is 6.81. The number of hydrogen-bond acceptors (Lipinski definition) is 6. The Labute approximate surface area is 195 Å². The van der Waals surface area contributed by atoms with Gasteiger partial charge in [-0.2, -0.15) is 0 Å². The van der Waals surface area contributed by atoms with Crippen molar-refractivity contribution in [3.05, 3.63) is 23.3 Å². The van der Waals surface area contributed by atoms with Crippen LogP contribution in [0.4, 0.5) is 0 Å². The van der Waals surface area contributed by atoms with Crippen molar-refractivity contribution in [1.29, 1.82) is 0 Å². The highest BCUT2D eigenvalue weighted by molar-refractivity contribution is 5.97. The highest BCUT2D eigenvalue weighted by Crippen LogP contribution is 2.38. The van der Waals surface area contributed by atoms with Gasteiger partial charge in [0.15, 0.2) is 11.5 Å². The van der Waals surface area contributed by atoms with E-state index in [0.29, 0.717) is 31.9 Å². The molecule has 0 radical (unpaired) electrons. The first-order valence-electron chi connectivity index (χ1n) is 11.9. The molecule has 1 saturated heterocycles. The largest absolute Gasteiger partial charge is 0.357 e. The van der Waals surface area contributed by atoms with Gasteiger partial charge in [0.2, 0.25) is 5.91 Å². The average Bonchev–Trinajstić information content (AvgIpc) is 3.31. The zero-order valence-corrected chi connectivity index (χ0v) is 20.5. The summed E-state index contributed by atoms with van der Waals surface area (Å²) in [5.41, 5.74) is 2.00. The van der Waals surface area contributed by atoms with Gasteiger partial charge in [-0.25, -0.2) is 4.98 Å². The number of nitrogens with one attached hydrogen (secondary N) is 2. The normalized spacial score (nSPS) is 21.8. The Balaban J connectivity index is 1.67. The zero-order chi connectivity index (χ0) is 23.8. The van der Waals surface area contributed by atoms with E-state index in [1.165, 1.54) is 0 Å². The number of carbonyl (C=O) groups excluding carboxylic acids is 2. The van der Waals surface area contributed by atoms with Crippen LogP contribution in [0.3, 0.4) is 0 Å². The second kappa shape index (κ2) is 9.19. The number of allylic oxidation sites excluding steroid dienone is 1. The Kier molecular flexibility index (Phi) is 6.66. The molecule has 9 heteroatoms. The van der Waals surface area contributed by atoms with Crippen molar-refractivity contribution in [3.63, 3.8) is 0 Å². The Morgan fingerprint density at radius 3 is 2.55 bits per heavy atom. The second-order valence-electron chi connectivity index (χ2n) is 10.4. The van der Waals surface area contributed by atoms with Gasteiger partial charge in [0.25, 0.3) is 5.91 Å². The van der Waals surface area contributed by atoms with Crippen molar-refractivity contribution >= 4 is 17.4 Å². The molecule has 1 spiro atoms. The van der Waals surface area contributed by atoms with Crippen molar-refractivity contribution in [2.75, 3.05) is 33.9 Å². The predicted octanol–water partition coefficient (Wildman–Crippen LogP) is 1.92. The summed E-state index contributed by atoms with van der Waals surface area (Å²) >= 11 is 0. The first kappa shape index (κ1) is 23.9. The molecule has 0 unspecified atom stereocenters.